The molecular formula is C8H6N4O2. The topological polar surface area (TPSA) is 91.7 Å². The third kappa shape index (κ3) is 1.29. The minimum absolute atomic E-state index is 0.0710. The number of rotatable bonds is 1. The van der Waals surface area contributed by atoms with Crippen LogP contribution in [-0.2, 0) is 7.05 Å². The van der Waals surface area contributed by atoms with Gasteiger partial charge in [-0.05, 0) is 0 Å². The lowest BCUT2D eigenvalue weighted by molar-refractivity contribution is 0.386. The maximum absolute atomic E-state index is 11.4. The van der Waals surface area contributed by atoms with Crippen molar-refractivity contribution in [3.8, 4) is 18.0 Å². The number of hydrogen-bond acceptors (Lipinski definition) is 5. The van der Waals surface area contributed by atoms with Crippen LogP contribution in [0.1, 0.15) is 11.4 Å². The van der Waals surface area contributed by atoms with Gasteiger partial charge in [-0.2, -0.15) is 15.5 Å². The van der Waals surface area contributed by atoms with E-state index in [1.165, 1.54) is 14.2 Å². The maximum atomic E-state index is 11.4. The lowest BCUT2D eigenvalue weighted by atomic mass is 10.3. The zero-order chi connectivity index (χ0) is 10.7. The van der Waals surface area contributed by atoms with Crippen LogP contribution in [0, 0.1) is 22.7 Å². The summed E-state index contributed by atoms with van der Waals surface area (Å²) in [6.45, 7) is 0. The van der Waals surface area contributed by atoms with Crippen LogP contribution in [0.5, 0.6) is 5.88 Å². The first-order chi connectivity index (χ1) is 6.65. The van der Waals surface area contributed by atoms with Gasteiger partial charge in [-0.3, -0.25) is 9.36 Å². The highest BCUT2D eigenvalue weighted by Gasteiger charge is 2.13. The van der Waals surface area contributed by atoms with E-state index < -0.39 is 5.56 Å². The van der Waals surface area contributed by atoms with Crippen LogP contribution in [-0.4, -0.2) is 16.7 Å². The minimum Gasteiger partial charge on any atom is -0.477 e. The second kappa shape index (κ2) is 3.58. The second-order valence-corrected chi connectivity index (χ2v) is 2.41. The monoisotopic (exact) mass is 190 g/mol. The van der Waals surface area contributed by atoms with Crippen LogP contribution in [0.2, 0.25) is 0 Å². The molecule has 70 valence electrons. The summed E-state index contributed by atoms with van der Waals surface area (Å²) in [5, 5.41) is 17.3. The van der Waals surface area contributed by atoms with E-state index in [0.717, 1.165) is 4.57 Å². The molecule has 14 heavy (non-hydrogen) atoms. The van der Waals surface area contributed by atoms with E-state index in [2.05, 4.69) is 9.72 Å². The Balaban J connectivity index is 3.68. The van der Waals surface area contributed by atoms with E-state index in [4.69, 9.17) is 10.5 Å². The molecule has 1 heterocycles. The van der Waals surface area contributed by atoms with Crippen LogP contribution < -0.4 is 10.3 Å². The predicted molar refractivity (Wildman–Crippen MR) is 45.5 cm³/mol. The van der Waals surface area contributed by atoms with Crippen LogP contribution in [0.3, 0.4) is 0 Å². The van der Waals surface area contributed by atoms with Gasteiger partial charge in [0.15, 0.2) is 11.4 Å². The molecule has 0 aliphatic heterocycles. The summed E-state index contributed by atoms with van der Waals surface area (Å²) in [4.78, 5) is 15.0. The average Bonchev–Trinajstić information content (AvgIpc) is 2.21. The van der Waals surface area contributed by atoms with Crippen molar-refractivity contribution in [1.82, 2.24) is 9.55 Å². The summed E-state index contributed by atoms with van der Waals surface area (Å²) >= 11 is 0. The molecule has 0 bridgehead atoms. The molecule has 0 aliphatic rings. The summed E-state index contributed by atoms with van der Waals surface area (Å²) in [5.41, 5.74) is -0.729. The maximum Gasteiger partial charge on any atom is 0.314 e. The van der Waals surface area contributed by atoms with Crippen LogP contribution in [0.25, 0.3) is 0 Å². The van der Waals surface area contributed by atoms with Crippen molar-refractivity contribution in [3.63, 3.8) is 0 Å². The highest BCUT2D eigenvalue weighted by atomic mass is 16.5. The molecule has 0 radical (unpaired) electrons. The normalized spacial score (nSPS) is 8.86. The Morgan fingerprint density at radius 3 is 2.50 bits per heavy atom. The summed E-state index contributed by atoms with van der Waals surface area (Å²) in [6, 6.07) is 3.45. The lowest BCUT2D eigenvalue weighted by Crippen LogP contribution is -2.23. The van der Waals surface area contributed by atoms with E-state index in [-0.39, 0.29) is 17.3 Å². The van der Waals surface area contributed by atoms with Crippen molar-refractivity contribution in [2.75, 3.05) is 7.11 Å². The van der Waals surface area contributed by atoms with Gasteiger partial charge >= 0.3 is 5.56 Å². The summed E-state index contributed by atoms with van der Waals surface area (Å²) in [6.07, 6.45) is 0. The number of aromatic nitrogens is 2. The first-order valence-corrected chi connectivity index (χ1v) is 3.61. The highest BCUT2D eigenvalue weighted by molar-refractivity contribution is 5.37. The molecule has 0 aliphatic carbocycles. The fraction of sp³-hybridized carbons (Fsp3) is 0.250. The SMILES string of the molecule is COc1nc(C#N)c(C#N)n(C)c1=O. The fourth-order valence-electron chi connectivity index (χ4n) is 0.945. The van der Waals surface area contributed by atoms with E-state index in [1.54, 1.807) is 12.1 Å². The Morgan fingerprint density at radius 1 is 1.43 bits per heavy atom. The Hall–Kier alpha value is -2.34. The standard InChI is InChI=1S/C8H6N4O2/c1-12-6(4-10)5(3-9)11-7(14-2)8(12)13/h1-2H3. The van der Waals surface area contributed by atoms with Gasteiger partial charge in [-0.1, -0.05) is 0 Å². The molecule has 1 aromatic heterocycles. The van der Waals surface area contributed by atoms with Gasteiger partial charge in [0.25, 0.3) is 5.88 Å². The Bertz CT molecular complexity index is 504. The minimum atomic E-state index is -0.539. The van der Waals surface area contributed by atoms with Crippen molar-refractivity contribution in [2.24, 2.45) is 7.05 Å². The van der Waals surface area contributed by atoms with Crippen LogP contribution >= 0.6 is 0 Å². The van der Waals surface area contributed by atoms with Gasteiger partial charge in [-0.25, -0.2) is 0 Å². The van der Waals surface area contributed by atoms with Crippen molar-refractivity contribution >= 4 is 0 Å². The van der Waals surface area contributed by atoms with Crippen molar-refractivity contribution in [1.29, 1.82) is 10.5 Å². The largest absolute Gasteiger partial charge is 0.477 e. The van der Waals surface area contributed by atoms with Gasteiger partial charge in [-0.15, -0.1) is 0 Å². The number of nitriles is 2. The summed E-state index contributed by atoms with van der Waals surface area (Å²) in [7, 11) is 2.66. The average molecular weight is 190 g/mol. The fourth-order valence-corrected chi connectivity index (χ4v) is 0.945. The van der Waals surface area contributed by atoms with Crippen molar-refractivity contribution < 1.29 is 4.74 Å². The van der Waals surface area contributed by atoms with E-state index in [1.807, 2.05) is 0 Å². The van der Waals surface area contributed by atoms with Crippen molar-refractivity contribution in [2.45, 2.75) is 0 Å². The molecule has 0 unspecified atom stereocenters. The van der Waals surface area contributed by atoms with Gasteiger partial charge in [0.05, 0.1) is 7.11 Å². The van der Waals surface area contributed by atoms with Crippen LogP contribution in [0.4, 0.5) is 0 Å². The smallest absolute Gasteiger partial charge is 0.314 e. The molecule has 0 saturated heterocycles. The molecule has 6 nitrogen and oxygen atoms in total. The number of nitrogens with zero attached hydrogens (tertiary/aromatic N) is 4. The molecule has 0 saturated carbocycles. The molecule has 1 rings (SSSR count). The van der Waals surface area contributed by atoms with Gasteiger partial charge < -0.3 is 4.74 Å². The zero-order valence-electron chi connectivity index (χ0n) is 7.61. The molecule has 6 heteroatoms. The van der Waals surface area contributed by atoms with Gasteiger partial charge in [0, 0.05) is 7.05 Å². The molecule has 0 spiro atoms. The highest BCUT2D eigenvalue weighted by Crippen LogP contribution is 2.04. The zero-order valence-corrected chi connectivity index (χ0v) is 7.61. The molecular weight excluding hydrogens is 184 g/mol. The second-order valence-electron chi connectivity index (χ2n) is 2.41. The first kappa shape index (κ1) is 9.75. The van der Waals surface area contributed by atoms with Crippen LogP contribution in [0.15, 0.2) is 4.79 Å². The number of ether oxygens (including phenoxy) is 1. The summed E-state index contributed by atoms with van der Waals surface area (Å²) in [5.74, 6) is -0.192. The van der Waals surface area contributed by atoms with E-state index >= 15 is 0 Å². The summed E-state index contributed by atoms with van der Waals surface area (Å²) < 4.78 is 5.69. The Kier molecular flexibility index (Phi) is 2.49. The van der Waals surface area contributed by atoms with Gasteiger partial charge in [0.1, 0.15) is 12.1 Å². The Labute approximate surface area is 79.6 Å². The Morgan fingerprint density at radius 2 is 2.07 bits per heavy atom. The van der Waals surface area contributed by atoms with E-state index in [9.17, 15) is 4.79 Å². The van der Waals surface area contributed by atoms with E-state index in [0.29, 0.717) is 0 Å². The lowest BCUT2D eigenvalue weighted by Gasteiger charge is -2.04. The molecule has 1 aromatic rings. The number of hydrogen-bond donors (Lipinski definition) is 0. The molecule has 0 atom stereocenters. The molecule has 0 N–H and O–H groups in total. The molecule has 0 amide bonds. The quantitative estimate of drug-likeness (QED) is 0.597. The van der Waals surface area contributed by atoms with Crippen molar-refractivity contribution in [3.05, 3.63) is 21.7 Å². The molecule has 0 aromatic carbocycles. The predicted octanol–water partition coefficient (Wildman–Crippen LogP) is -0.468. The first-order valence-electron chi connectivity index (χ1n) is 3.61. The van der Waals surface area contributed by atoms with Gasteiger partial charge in [0.2, 0.25) is 0 Å². The third-order valence-electron chi connectivity index (χ3n) is 1.67. The number of methoxy groups -OCH3 is 1. The molecule has 0 fully saturated rings. The third-order valence-corrected chi connectivity index (χ3v) is 1.67.